The standard InChI is InChI=1S/C15H20N2O3/c18-10-12-13(11-4-2-1-3-5-11)14(12)15(19)16-17-6-8-20-9-7-17/h1-5,12-14,18H,6-10H2,(H,16,19). The smallest absolute Gasteiger partial charge is 0.238 e. The molecule has 1 saturated heterocycles. The third-order valence-corrected chi connectivity index (χ3v) is 4.15. The fourth-order valence-corrected chi connectivity index (χ4v) is 2.99. The molecule has 0 aromatic heterocycles. The van der Waals surface area contributed by atoms with Gasteiger partial charge in [-0.1, -0.05) is 30.3 Å². The highest BCUT2D eigenvalue weighted by Gasteiger charge is 2.55. The normalized spacial score (nSPS) is 29.9. The van der Waals surface area contributed by atoms with E-state index in [0.29, 0.717) is 13.2 Å². The van der Waals surface area contributed by atoms with E-state index in [-0.39, 0.29) is 30.3 Å². The van der Waals surface area contributed by atoms with Crippen molar-refractivity contribution in [3.8, 4) is 0 Å². The van der Waals surface area contributed by atoms with Crippen molar-refractivity contribution in [2.45, 2.75) is 5.92 Å². The van der Waals surface area contributed by atoms with Crippen LogP contribution in [0.4, 0.5) is 0 Å². The van der Waals surface area contributed by atoms with E-state index < -0.39 is 0 Å². The van der Waals surface area contributed by atoms with Crippen LogP contribution < -0.4 is 5.43 Å². The monoisotopic (exact) mass is 276 g/mol. The molecule has 1 amide bonds. The maximum Gasteiger partial charge on any atom is 0.238 e. The minimum Gasteiger partial charge on any atom is -0.396 e. The number of nitrogens with one attached hydrogen (secondary N) is 1. The molecule has 2 fully saturated rings. The SMILES string of the molecule is O=C(NN1CCOCC1)C1C(CO)C1c1ccccc1. The number of aliphatic hydroxyl groups is 1. The van der Waals surface area contributed by atoms with Crippen LogP contribution >= 0.6 is 0 Å². The molecule has 2 aliphatic rings. The third kappa shape index (κ3) is 2.70. The summed E-state index contributed by atoms with van der Waals surface area (Å²) in [7, 11) is 0. The lowest BCUT2D eigenvalue weighted by Gasteiger charge is -2.27. The van der Waals surface area contributed by atoms with Gasteiger partial charge in [-0.05, 0) is 5.56 Å². The van der Waals surface area contributed by atoms with Gasteiger partial charge in [0, 0.05) is 31.5 Å². The predicted octanol–water partition coefficient (Wildman–Crippen LogP) is 0.372. The van der Waals surface area contributed by atoms with Crippen LogP contribution in [0.15, 0.2) is 30.3 Å². The Bertz CT molecular complexity index is 459. The van der Waals surface area contributed by atoms with Crippen LogP contribution in [0, 0.1) is 11.8 Å². The predicted molar refractivity (Wildman–Crippen MR) is 73.8 cm³/mol. The van der Waals surface area contributed by atoms with Crippen LogP contribution in [-0.4, -0.2) is 48.9 Å². The Kier molecular flexibility index (Phi) is 4.00. The van der Waals surface area contributed by atoms with Gasteiger partial charge in [0.15, 0.2) is 0 Å². The van der Waals surface area contributed by atoms with Gasteiger partial charge < -0.3 is 9.84 Å². The highest BCUT2D eigenvalue weighted by Crippen LogP contribution is 2.53. The Hall–Kier alpha value is -1.43. The van der Waals surface area contributed by atoms with Gasteiger partial charge in [-0.2, -0.15) is 0 Å². The van der Waals surface area contributed by atoms with Gasteiger partial charge in [0.25, 0.3) is 0 Å². The molecular weight excluding hydrogens is 256 g/mol. The first-order valence-corrected chi connectivity index (χ1v) is 7.10. The number of nitrogens with zero attached hydrogens (tertiary/aromatic N) is 1. The molecule has 0 bridgehead atoms. The van der Waals surface area contributed by atoms with Gasteiger partial charge in [-0.25, -0.2) is 5.01 Å². The number of morpholine rings is 1. The number of benzene rings is 1. The van der Waals surface area contributed by atoms with Crippen molar-refractivity contribution < 1.29 is 14.6 Å². The molecule has 1 saturated carbocycles. The molecule has 1 aliphatic heterocycles. The number of carbonyl (C=O) groups excluding carboxylic acids is 1. The number of aliphatic hydroxyl groups excluding tert-OH is 1. The fraction of sp³-hybridized carbons (Fsp3) is 0.533. The minimum atomic E-state index is -0.120. The van der Waals surface area contributed by atoms with Crippen molar-refractivity contribution in [2.24, 2.45) is 11.8 Å². The Labute approximate surface area is 118 Å². The summed E-state index contributed by atoms with van der Waals surface area (Å²) in [4.78, 5) is 12.3. The zero-order chi connectivity index (χ0) is 13.9. The lowest BCUT2D eigenvalue weighted by Crippen LogP contribution is -2.49. The lowest BCUT2D eigenvalue weighted by atomic mass is 10.1. The van der Waals surface area contributed by atoms with Crippen LogP contribution in [0.2, 0.25) is 0 Å². The highest BCUT2D eigenvalue weighted by atomic mass is 16.5. The third-order valence-electron chi connectivity index (χ3n) is 4.15. The molecule has 3 rings (SSSR count). The van der Waals surface area contributed by atoms with E-state index in [0.717, 1.165) is 18.7 Å². The van der Waals surface area contributed by atoms with Crippen molar-refractivity contribution >= 4 is 5.91 Å². The van der Waals surface area contributed by atoms with E-state index in [1.165, 1.54) is 0 Å². The summed E-state index contributed by atoms with van der Waals surface area (Å²) < 4.78 is 5.26. The first-order chi connectivity index (χ1) is 9.81. The Morgan fingerprint density at radius 1 is 1.30 bits per heavy atom. The number of amides is 1. The Morgan fingerprint density at radius 3 is 2.65 bits per heavy atom. The molecule has 5 nitrogen and oxygen atoms in total. The first-order valence-electron chi connectivity index (χ1n) is 7.10. The second kappa shape index (κ2) is 5.91. The van der Waals surface area contributed by atoms with Gasteiger partial charge in [-0.15, -0.1) is 0 Å². The number of carbonyl (C=O) groups is 1. The van der Waals surface area contributed by atoms with Crippen molar-refractivity contribution in [2.75, 3.05) is 32.9 Å². The molecular formula is C15H20N2O3. The molecule has 3 atom stereocenters. The minimum absolute atomic E-state index is 0.0137. The van der Waals surface area contributed by atoms with Crippen molar-refractivity contribution in [1.82, 2.24) is 10.4 Å². The summed E-state index contributed by atoms with van der Waals surface area (Å²) in [6, 6.07) is 9.95. The summed E-state index contributed by atoms with van der Waals surface area (Å²) in [5, 5.41) is 11.4. The molecule has 1 aromatic rings. The first kappa shape index (κ1) is 13.5. The van der Waals surface area contributed by atoms with E-state index >= 15 is 0 Å². The molecule has 0 radical (unpaired) electrons. The van der Waals surface area contributed by atoms with E-state index in [4.69, 9.17) is 4.74 Å². The van der Waals surface area contributed by atoms with Crippen LogP contribution in [0.3, 0.4) is 0 Å². The molecule has 1 heterocycles. The zero-order valence-electron chi connectivity index (χ0n) is 11.4. The Morgan fingerprint density at radius 2 is 2.00 bits per heavy atom. The molecule has 108 valence electrons. The number of hydrogen-bond acceptors (Lipinski definition) is 4. The zero-order valence-corrected chi connectivity index (χ0v) is 11.4. The van der Waals surface area contributed by atoms with Crippen molar-refractivity contribution in [1.29, 1.82) is 0 Å². The van der Waals surface area contributed by atoms with Crippen LogP contribution in [0.1, 0.15) is 11.5 Å². The summed E-state index contributed by atoms with van der Waals surface area (Å²) >= 11 is 0. The van der Waals surface area contributed by atoms with Crippen molar-refractivity contribution in [3.63, 3.8) is 0 Å². The maximum atomic E-state index is 12.3. The topological polar surface area (TPSA) is 61.8 Å². The van der Waals surface area contributed by atoms with Crippen molar-refractivity contribution in [3.05, 3.63) is 35.9 Å². The number of hydrazine groups is 1. The van der Waals surface area contributed by atoms with Gasteiger partial charge in [0.2, 0.25) is 5.91 Å². The second-order valence-electron chi connectivity index (χ2n) is 5.38. The summed E-state index contributed by atoms with van der Waals surface area (Å²) in [5.41, 5.74) is 4.08. The number of rotatable bonds is 4. The molecule has 1 aliphatic carbocycles. The second-order valence-corrected chi connectivity index (χ2v) is 5.38. The van der Waals surface area contributed by atoms with E-state index in [9.17, 15) is 9.90 Å². The van der Waals surface area contributed by atoms with Crippen LogP contribution in [0.5, 0.6) is 0 Å². The number of ether oxygens (including phenoxy) is 1. The quantitative estimate of drug-likeness (QED) is 0.834. The Balaban J connectivity index is 1.62. The summed E-state index contributed by atoms with van der Waals surface area (Å²) in [6.07, 6.45) is 0. The summed E-state index contributed by atoms with van der Waals surface area (Å²) in [6.45, 7) is 2.80. The fourth-order valence-electron chi connectivity index (χ4n) is 2.99. The van der Waals surface area contributed by atoms with Gasteiger partial charge >= 0.3 is 0 Å². The average molecular weight is 276 g/mol. The van der Waals surface area contributed by atoms with Gasteiger partial charge in [-0.3, -0.25) is 10.2 Å². The lowest BCUT2D eigenvalue weighted by molar-refractivity contribution is -0.129. The highest BCUT2D eigenvalue weighted by molar-refractivity contribution is 5.83. The molecule has 2 N–H and O–H groups in total. The number of hydrogen-bond donors (Lipinski definition) is 2. The molecule has 1 aromatic carbocycles. The van der Waals surface area contributed by atoms with Gasteiger partial charge in [0.05, 0.1) is 19.1 Å². The van der Waals surface area contributed by atoms with E-state index in [1.54, 1.807) is 0 Å². The average Bonchev–Trinajstić information content (AvgIpc) is 3.24. The van der Waals surface area contributed by atoms with Crippen LogP contribution in [0.25, 0.3) is 0 Å². The van der Waals surface area contributed by atoms with Gasteiger partial charge in [0.1, 0.15) is 0 Å². The largest absolute Gasteiger partial charge is 0.396 e. The summed E-state index contributed by atoms with van der Waals surface area (Å²) in [5.74, 6) is 0.0747. The molecule has 20 heavy (non-hydrogen) atoms. The maximum absolute atomic E-state index is 12.3. The van der Waals surface area contributed by atoms with E-state index in [1.807, 2.05) is 35.3 Å². The molecule has 5 heteroatoms. The molecule has 0 spiro atoms. The van der Waals surface area contributed by atoms with E-state index in [2.05, 4.69) is 5.43 Å². The molecule has 3 unspecified atom stereocenters. The van der Waals surface area contributed by atoms with Crippen LogP contribution in [-0.2, 0) is 9.53 Å².